The lowest BCUT2D eigenvalue weighted by atomic mass is 9.74. The van der Waals surface area contributed by atoms with E-state index in [-0.39, 0.29) is 31.0 Å². The van der Waals surface area contributed by atoms with Gasteiger partial charge in [0.15, 0.2) is 11.6 Å². The molecule has 0 bridgehead atoms. The molecule has 0 aromatic heterocycles. The van der Waals surface area contributed by atoms with Gasteiger partial charge in [-0.2, -0.15) is 0 Å². The van der Waals surface area contributed by atoms with Crippen LogP contribution in [0.15, 0.2) is 52.6 Å². The highest BCUT2D eigenvalue weighted by Gasteiger charge is 2.35. The predicted molar refractivity (Wildman–Crippen MR) is 113 cm³/mol. The number of carboxylic acids is 1. The van der Waals surface area contributed by atoms with Crippen LogP contribution in [-0.2, 0) is 19.2 Å². The summed E-state index contributed by atoms with van der Waals surface area (Å²) in [6, 6.07) is 9.10. The van der Waals surface area contributed by atoms with E-state index in [0.29, 0.717) is 35.1 Å². The van der Waals surface area contributed by atoms with Crippen LogP contribution in [0.1, 0.15) is 57.9 Å². The van der Waals surface area contributed by atoms with E-state index in [1.54, 1.807) is 20.8 Å². The second kappa shape index (κ2) is 10.7. The molecule has 2 atom stereocenters. The monoisotopic (exact) mass is 429 g/mol. The maximum Gasteiger partial charge on any atom is 0.306 e. The normalized spacial score (nSPS) is 16.4. The van der Waals surface area contributed by atoms with Gasteiger partial charge in [0.2, 0.25) is 0 Å². The molecule has 0 amide bonds. The van der Waals surface area contributed by atoms with Gasteiger partial charge in [0.1, 0.15) is 0 Å². The van der Waals surface area contributed by atoms with Crippen molar-refractivity contribution in [3.63, 3.8) is 0 Å². The van der Waals surface area contributed by atoms with Crippen molar-refractivity contribution in [3.8, 4) is 0 Å². The van der Waals surface area contributed by atoms with Gasteiger partial charge in [0.25, 0.3) is 5.09 Å². The van der Waals surface area contributed by atoms with Crippen LogP contribution in [0.3, 0.4) is 0 Å². The number of hydrogen-bond acceptors (Lipinski definition) is 6. The zero-order valence-corrected chi connectivity index (χ0v) is 17.9. The van der Waals surface area contributed by atoms with Gasteiger partial charge in [-0.25, -0.2) is 0 Å². The lowest BCUT2D eigenvalue weighted by Crippen LogP contribution is -2.27. The number of aliphatic carboxylic acids is 1. The van der Waals surface area contributed by atoms with Crippen molar-refractivity contribution in [3.05, 3.63) is 68.3 Å². The van der Waals surface area contributed by atoms with Gasteiger partial charge in [-0.1, -0.05) is 36.8 Å². The molecule has 1 aromatic carbocycles. The van der Waals surface area contributed by atoms with E-state index in [4.69, 9.17) is 0 Å². The molecule has 8 nitrogen and oxygen atoms in total. The second-order valence-corrected chi connectivity index (χ2v) is 7.73. The fourth-order valence-corrected chi connectivity index (χ4v) is 3.90. The minimum atomic E-state index is -1.01. The molecule has 0 fully saturated rings. The zero-order valence-electron chi connectivity index (χ0n) is 17.9. The van der Waals surface area contributed by atoms with Crippen LogP contribution in [0.25, 0.3) is 0 Å². The standard InChI is InChI=1S/C23H27NO7/c1-14-15(2)22(26)20(16(3)21(14)25)19(17-9-5-4-6-10-17)13-18(23(27)28)11-7-8-12-31-24(29)30/h4-6,9-10,18-19H,7-8,11-13H2,1-3H3,(H,27,28). The Morgan fingerprint density at radius 3 is 2.23 bits per heavy atom. The van der Waals surface area contributed by atoms with E-state index in [1.165, 1.54) is 0 Å². The van der Waals surface area contributed by atoms with E-state index in [0.717, 1.165) is 5.56 Å². The summed E-state index contributed by atoms with van der Waals surface area (Å²) in [6.45, 7) is 4.77. The first-order valence-electron chi connectivity index (χ1n) is 10.2. The molecule has 0 heterocycles. The smallest absolute Gasteiger partial charge is 0.306 e. The molecule has 31 heavy (non-hydrogen) atoms. The second-order valence-electron chi connectivity index (χ2n) is 7.73. The molecule has 2 unspecified atom stereocenters. The summed E-state index contributed by atoms with van der Waals surface area (Å²) in [5.74, 6) is -2.76. The fourth-order valence-electron chi connectivity index (χ4n) is 3.90. The Labute approximate surface area is 180 Å². The minimum Gasteiger partial charge on any atom is -0.481 e. The Morgan fingerprint density at radius 1 is 1.03 bits per heavy atom. The highest BCUT2D eigenvalue weighted by molar-refractivity contribution is 6.25. The number of carbonyl (C=O) groups is 3. The van der Waals surface area contributed by atoms with Gasteiger partial charge in [0, 0.05) is 28.2 Å². The van der Waals surface area contributed by atoms with Gasteiger partial charge >= 0.3 is 5.97 Å². The first kappa shape index (κ1) is 24.0. The molecule has 1 aromatic rings. The summed E-state index contributed by atoms with van der Waals surface area (Å²) < 4.78 is 0. The maximum atomic E-state index is 13.1. The molecular weight excluding hydrogens is 402 g/mol. The molecule has 0 radical (unpaired) electrons. The third kappa shape index (κ3) is 5.87. The maximum absolute atomic E-state index is 13.1. The minimum absolute atomic E-state index is 0.0953. The summed E-state index contributed by atoms with van der Waals surface area (Å²) in [5, 5.41) is 19.1. The summed E-state index contributed by atoms with van der Waals surface area (Å²) in [4.78, 5) is 52.3. The molecule has 0 spiro atoms. The lowest BCUT2D eigenvalue weighted by molar-refractivity contribution is -0.757. The van der Waals surface area contributed by atoms with Gasteiger partial charge in [0.05, 0.1) is 12.5 Å². The number of carboxylic acid groups (broad SMARTS) is 1. The summed E-state index contributed by atoms with van der Waals surface area (Å²) in [7, 11) is 0. The first-order valence-corrected chi connectivity index (χ1v) is 10.2. The molecule has 1 aliphatic carbocycles. The molecule has 0 aliphatic heterocycles. The predicted octanol–water partition coefficient (Wildman–Crippen LogP) is 4.04. The van der Waals surface area contributed by atoms with E-state index >= 15 is 0 Å². The third-order valence-corrected chi connectivity index (χ3v) is 5.80. The Bertz CT molecular complexity index is 931. The number of nitrogens with zero attached hydrogens (tertiary/aromatic N) is 1. The Kier molecular flexibility index (Phi) is 8.24. The van der Waals surface area contributed by atoms with Crippen molar-refractivity contribution in [2.24, 2.45) is 5.92 Å². The number of Topliss-reactive ketones (excluding diaryl/α,β-unsaturated/α-hetero) is 2. The van der Waals surface area contributed by atoms with Crippen molar-refractivity contribution in [2.75, 3.05) is 6.61 Å². The molecule has 2 rings (SSSR count). The SMILES string of the molecule is CC1=C(C)C(=O)C(C(CC(CCCCO[N+](=O)[O-])C(=O)O)c2ccccc2)=C(C)C1=O. The van der Waals surface area contributed by atoms with E-state index in [9.17, 15) is 29.6 Å². The fraction of sp³-hybridized carbons (Fsp3) is 0.435. The van der Waals surface area contributed by atoms with Crippen LogP contribution in [0.4, 0.5) is 0 Å². The summed E-state index contributed by atoms with van der Waals surface area (Å²) in [6.07, 6.45) is 1.20. The van der Waals surface area contributed by atoms with E-state index in [2.05, 4.69) is 4.84 Å². The Hall–Kier alpha value is -3.29. The quantitative estimate of drug-likeness (QED) is 0.244. The van der Waals surface area contributed by atoms with Crippen molar-refractivity contribution in [1.29, 1.82) is 0 Å². The number of carbonyl (C=O) groups excluding carboxylic acids is 2. The average Bonchev–Trinajstić information content (AvgIpc) is 2.74. The number of rotatable bonds is 11. The van der Waals surface area contributed by atoms with E-state index < -0.39 is 22.9 Å². The zero-order chi connectivity index (χ0) is 23.1. The Balaban J connectivity index is 2.32. The molecule has 8 heteroatoms. The van der Waals surface area contributed by atoms with Gasteiger partial charge in [-0.05, 0) is 45.6 Å². The molecule has 166 valence electrons. The number of unbranched alkanes of at least 4 members (excludes halogenated alkanes) is 1. The highest BCUT2D eigenvalue weighted by Crippen LogP contribution is 2.39. The highest BCUT2D eigenvalue weighted by atomic mass is 16.9. The van der Waals surface area contributed by atoms with Crippen LogP contribution in [0.2, 0.25) is 0 Å². The Morgan fingerprint density at radius 2 is 1.65 bits per heavy atom. The number of ketones is 2. The number of allylic oxidation sites excluding steroid dienone is 4. The van der Waals surface area contributed by atoms with Crippen molar-refractivity contribution >= 4 is 17.5 Å². The molecule has 1 N–H and O–H groups in total. The van der Waals surface area contributed by atoms with Crippen LogP contribution in [0.5, 0.6) is 0 Å². The molecule has 1 aliphatic rings. The van der Waals surface area contributed by atoms with Crippen molar-refractivity contribution in [1.82, 2.24) is 0 Å². The molecule has 0 saturated carbocycles. The van der Waals surface area contributed by atoms with Gasteiger partial charge < -0.3 is 9.94 Å². The number of hydrogen-bond donors (Lipinski definition) is 1. The van der Waals surface area contributed by atoms with Gasteiger partial charge in [-0.15, -0.1) is 10.1 Å². The third-order valence-electron chi connectivity index (χ3n) is 5.80. The van der Waals surface area contributed by atoms with Crippen LogP contribution in [0, 0.1) is 16.0 Å². The molecule has 0 saturated heterocycles. The van der Waals surface area contributed by atoms with Crippen LogP contribution >= 0.6 is 0 Å². The topological polar surface area (TPSA) is 124 Å². The van der Waals surface area contributed by atoms with Crippen molar-refractivity contribution in [2.45, 2.75) is 52.4 Å². The first-order chi connectivity index (χ1) is 14.6. The van der Waals surface area contributed by atoms with Gasteiger partial charge in [-0.3, -0.25) is 14.4 Å². The molecular formula is C23H27NO7. The summed E-state index contributed by atoms with van der Waals surface area (Å²) in [5.41, 5.74) is 2.27. The largest absolute Gasteiger partial charge is 0.481 e. The number of benzene rings is 1. The van der Waals surface area contributed by atoms with E-state index in [1.807, 2.05) is 30.3 Å². The average molecular weight is 429 g/mol. The summed E-state index contributed by atoms with van der Waals surface area (Å²) >= 11 is 0. The lowest BCUT2D eigenvalue weighted by Gasteiger charge is -2.28. The van der Waals surface area contributed by atoms with Crippen LogP contribution in [-0.4, -0.2) is 34.3 Å². The van der Waals surface area contributed by atoms with Crippen molar-refractivity contribution < 1.29 is 29.4 Å². The van der Waals surface area contributed by atoms with Crippen LogP contribution < -0.4 is 0 Å².